The highest BCUT2D eigenvalue weighted by atomic mass is 32.2. The van der Waals surface area contributed by atoms with Crippen LogP contribution in [0.5, 0.6) is 5.88 Å². The molecule has 1 unspecified atom stereocenters. The smallest absolute Gasteiger partial charge is 0.394 e. The van der Waals surface area contributed by atoms with Gasteiger partial charge in [-0.3, -0.25) is 9.69 Å². The van der Waals surface area contributed by atoms with E-state index in [1.165, 1.54) is 24.3 Å². The summed E-state index contributed by atoms with van der Waals surface area (Å²) in [7, 11) is -2.38. The molecule has 2 aromatic carbocycles. The number of carbonyl (C=O) groups excluding carboxylic acids is 1. The number of aryl methyl sites for hydroxylation is 2. The molecule has 0 spiro atoms. The molecule has 2 aliphatic carbocycles. The van der Waals surface area contributed by atoms with E-state index in [-0.39, 0.29) is 65.7 Å². The van der Waals surface area contributed by atoms with Crippen LogP contribution in [-0.4, -0.2) is 67.5 Å². The molecule has 1 heterocycles. The van der Waals surface area contributed by atoms with Crippen molar-refractivity contribution in [2.24, 2.45) is 16.6 Å². The Bertz CT molecular complexity index is 1740. The average molecular weight is 688 g/mol. The van der Waals surface area contributed by atoms with Gasteiger partial charge in [-0.2, -0.15) is 18.2 Å². The average Bonchev–Trinajstić information content (AvgIpc) is 3.79. The molecule has 9 nitrogen and oxygen atoms in total. The molecule has 5 rings (SSSR count). The second kappa shape index (κ2) is 13.4. The number of likely N-dealkylation sites (N-methyl/N-ethyl adjacent to an activating group) is 1. The van der Waals surface area contributed by atoms with Gasteiger partial charge in [0.15, 0.2) is 0 Å². The molecule has 0 aliphatic heterocycles. The number of aromatic nitrogens is 2. The summed E-state index contributed by atoms with van der Waals surface area (Å²) in [6.45, 7) is 7.87. The van der Waals surface area contributed by atoms with Gasteiger partial charge in [-0.1, -0.05) is 37.3 Å². The lowest BCUT2D eigenvalue weighted by Gasteiger charge is -2.47. The number of alkyl halides is 3. The molecule has 2 fully saturated rings. The normalized spacial score (nSPS) is 21.7. The van der Waals surface area contributed by atoms with Crippen LogP contribution >= 0.6 is 0 Å². The molecule has 0 saturated heterocycles. The number of halogens is 3. The van der Waals surface area contributed by atoms with Gasteiger partial charge in [-0.25, -0.2) is 18.1 Å². The van der Waals surface area contributed by atoms with Crippen LogP contribution in [0, 0.1) is 24.7 Å². The first kappa shape index (κ1) is 35.7. The molecular weight excluding hydrogens is 643 g/mol. The molecule has 48 heavy (non-hydrogen) atoms. The lowest BCUT2D eigenvalue weighted by molar-refractivity contribution is -0.193. The van der Waals surface area contributed by atoms with Crippen molar-refractivity contribution in [1.29, 1.82) is 0 Å². The van der Waals surface area contributed by atoms with Gasteiger partial charge in [0.05, 0.1) is 16.0 Å². The molecule has 0 amide bonds. The summed E-state index contributed by atoms with van der Waals surface area (Å²) in [5.74, 6) is -0.259. The van der Waals surface area contributed by atoms with Crippen LogP contribution in [0.2, 0.25) is 0 Å². The number of anilines is 1. The van der Waals surface area contributed by atoms with E-state index < -0.39 is 27.7 Å². The van der Waals surface area contributed by atoms with Crippen LogP contribution in [0.4, 0.5) is 19.1 Å². The van der Waals surface area contributed by atoms with Crippen molar-refractivity contribution < 1.29 is 31.1 Å². The van der Waals surface area contributed by atoms with E-state index in [4.69, 9.17) is 10.5 Å². The zero-order valence-corrected chi connectivity index (χ0v) is 28.8. The second-order valence-electron chi connectivity index (χ2n) is 14.1. The molecular formula is C35H44F3N5O4S. The van der Waals surface area contributed by atoms with Crippen molar-refractivity contribution in [3.05, 3.63) is 65.2 Å². The highest BCUT2D eigenvalue weighted by molar-refractivity contribution is 7.92. The monoisotopic (exact) mass is 687 g/mol. The van der Waals surface area contributed by atoms with Gasteiger partial charge in [0, 0.05) is 35.3 Å². The van der Waals surface area contributed by atoms with Gasteiger partial charge in [-0.05, 0) is 95.0 Å². The van der Waals surface area contributed by atoms with E-state index in [2.05, 4.69) is 21.6 Å². The number of nitrogens with one attached hydrogen (secondary N) is 1. The van der Waals surface area contributed by atoms with Crippen molar-refractivity contribution in [1.82, 2.24) is 14.9 Å². The van der Waals surface area contributed by atoms with E-state index in [0.29, 0.717) is 12.0 Å². The van der Waals surface area contributed by atoms with Crippen molar-refractivity contribution in [3.63, 3.8) is 0 Å². The van der Waals surface area contributed by atoms with Gasteiger partial charge >= 0.3 is 6.18 Å². The highest BCUT2D eigenvalue weighted by Gasteiger charge is 2.63. The Morgan fingerprint density at radius 1 is 1.08 bits per heavy atom. The first-order valence-electron chi connectivity index (χ1n) is 16.1. The predicted octanol–water partition coefficient (Wildman–Crippen LogP) is 6.69. The number of ether oxygens (including phenoxy) is 1. The molecule has 3 N–H and O–H groups in total. The number of aldehydes is 1. The molecule has 2 atom stereocenters. The van der Waals surface area contributed by atoms with Gasteiger partial charge in [-0.15, -0.1) is 0 Å². The Morgan fingerprint density at radius 2 is 1.73 bits per heavy atom. The predicted molar refractivity (Wildman–Crippen MR) is 178 cm³/mol. The molecule has 1 aromatic heterocycles. The molecule has 0 radical (unpaired) electrons. The zero-order valence-electron chi connectivity index (χ0n) is 28.0. The fourth-order valence-electron chi connectivity index (χ4n) is 7.12. The maximum atomic E-state index is 14.2. The number of rotatable bonds is 14. The van der Waals surface area contributed by atoms with E-state index in [0.717, 1.165) is 36.0 Å². The van der Waals surface area contributed by atoms with Crippen molar-refractivity contribution >= 4 is 22.3 Å². The van der Waals surface area contributed by atoms with Crippen LogP contribution in [0.15, 0.2) is 53.4 Å². The van der Waals surface area contributed by atoms with Gasteiger partial charge < -0.3 is 10.5 Å². The van der Waals surface area contributed by atoms with E-state index in [1.54, 1.807) is 6.07 Å². The first-order valence-corrected chi connectivity index (χ1v) is 17.6. The number of carbonyl (C=O) groups is 1. The SMILES string of the molecule is Cc1cccc(C)c1-c1cc(OC[C@@H](CC2(C(F)(F)F)CC2)N(C)C(C)C[C@]2(C)C[C@@H](N)C2)nc(NS(=O)(=O)c2cccc(C=O)c2)n1. The summed E-state index contributed by atoms with van der Waals surface area (Å²) >= 11 is 0. The van der Waals surface area contributed by atoms with Gasteiger partial charge in [0.2, 0.25) is 11.8 Å². The fraction of sp³-hybridized carbons (Fsp3) is 0.514. The van der Waals surface area contributed by atoms with E-state index in [9.17, 15) is 26.4 Å². The lowest BCUT2D eigenvalue weighted by atomic mass is 9.64. The first-order chi connectivity index (χ1) is 22.4. The number of hydrogen-bond acceptors (Lipinski definition) is 8. The Kier molecular flexibility index (Phi) is 9.98. The quantitative estimate of drug-likeness (QED) is 0.180. The summed E-state index contributed by atoms with van der Waals surface area (Å²) in [5.41, 5.74) is 7.40. The number of hydrogen-bond donors (Lipinski definition) is 2. The number of nitrogens with zero attached hydrogens (tertiary/aromatic N) is 3. The maximum Gasteiger partial charge on any atom is 0.394 e. The van der Waals surface area contributed by atoms with Crippen LogP contribution in [0.1, 0.15) is 73.9 Å². The topological polar surface area (TPSA) is 128 Å². The summed E-state index contributed by atoms with van der Waals surface area (Å²) in [5, 5.41) is 0. The van der Waals surface area contributed by atoms with Crippen LogP contribution < -0.4 is 15.2 Å². The largest absolute Gasteiger partial charge is 0.476 e. The number of sulfonamides is 1. The zero-order chi connectivity index (χ0) is 35.1. The molecule has 260 valence electrons. The number of benzene rings is 2. The van der Waals surface area contributed by atoms with Crippen molar-refractivity contribution in [3.8, 4) is 17.1 Å². The van der Waals surface area contributed by atoms with Crippen molar-refractivity contribution in [2.45, 2.75) is 95.4 Å². The third kappa shape index (κ3) is 7.84. The minimum atomic E-state index is -4.33. The Balaban J connectivity index is 1.46. The molecule has 2 aliphatic rings. The maximum absolute atomic E-state index is 14.2. The summed E-state index contributed by atoms with van der Waals surface area (Å²) in [6.07, 6.45) is -1.24. The lowest BCUT2D eigenvalue weighted by Crippen LogP contribution is -2.50. The van der Waals surface area contributed by atoms with E-state index >= 15 is 0 Å². The number of nitrogens with two attached hydrogens (primary N) is 1. The molecule has 0 bridgehead atoms. The Hall–Kier alpha value is -3.55. The standard InChI is InChI=1S/C35H44F3N5O4S/c1-22-8-6-9-23(2)31(22)29-15-30(41-32(40-29)42-48(45,46)28-11-7-10-25(14-28)20-44)47-21-27(19-34(12-13-34)35(36,37)38)43(5)24(3)16-33(4)17-26(39)18-33/h6-11,14-15,20,24,26-27H,12-13,16-19,21,39H2,1-5H3,(H,40,41,42)/t24?,26-,27-,33-/m1/s1. The van der Waals surface area contributed by atoms with Crippen LogP contribution in [0.25, 0.3) is 11.3 Å². The molecule has 2 saturated carbocycles. The minimum Gasteiger partial charge on any atom is -0.476 e. The third-order valence-corrected chi connectivity index (χ3v) is 11.4. The van der Waals surface area contributed by atoms with Crippen LogP contribution in [0.3, 0.4) is 0 Å². The van der Waals surface area contributed by atoms with Crippen molar-refractivity contribution in [2.75, 3.05) is 18.4 Å². The van der Waals surface area contributed by atoms with Crippen LogP contribution in [-0.2, 0) is 10.0 Å². The van der Waals surface area contributed by atoms with Gasteiger partial charge in [0.25, 0.3) is 10.0 Å². The molecule has 3 aromatic rings. The summed E-state index contributed by atoms with van der Waals surface area (Å²) < 4.78 is 77.9. The minimum absolute atomic E-state index is 0.0156. The van der Waals surface area contributed by atoms with E-state index in [1.807, 2.05) is 50.9 Å². The molecule has 13 heteroatoms. The third-order valence-electron chi connectivity index (χ3n) is 10.0. The Labute approximate surface area is 280 Å². The Morgan fingerprint density at radius 3 is 2.31 bits per heavy atom. The summed E-state index contributed by atoms with van der Waals surface area (Å²) in [4.78, 5) is 22.0. The van der Waals surface area contributed by atoms with Gasteiger partial charge in [0.1, 0.15) is 12.9 Å². The fourth-order valence-corrected chi connectivity index (χ4v) is 8.12. The highest BCUT2D eigenvalue weighted by Crippen LogP contribution is 2.61. The summed E-state index contributed by atoms with van der Waals surface area (Å²) in [6, 6.07) is 12.3. The second-order valence-corrected chi connectivity index (χ2v) is 15.8.